The van der Waals surface area contributed by atoms with Gasteiger partial charge in [-0.25, -0.2) is 4.99 Å². The molecule has 0 aromatic heterocycles. The number of nitrogens with one attached hydrogen (secondary N) is 1. The van der Waals surface area contributed by atoms with Crippen molar-refractivity contribution in [2.75, 3.05) is 46.3 Å². The van der Waals surface area contributed by atoms with Crippen molar-refractivity contribution in [2.24, 2.45) is 4.99 Å². The molecule has 1 N–H and O–H groups in total. The first kappa shape index (κ1) is 24.0. The van der Waals surface area contributed by atoms with E-state index in [1.165, 1.54) is 11.1 Å². The third kappa shape index (κ3) is 7.89. The molecule has 0 atom stereocenters. The van der Waals surface area contributed by atoms with Crippen LogP contribution in [0.15, 0.2) is 29.3 Å². The summed E-state index contributed by atoms with van der Waals surface area (Å²) in [6, 6.07) is 8.66. The Balaban J connectivity index is 2.74. The Kier molecular flexibility index (Phi) is 11.3. The molecule has 6 nitrogen and oxygen atoms in total. The second-order valence-corrected chi connectivity index (χ2v) is 6.87. The van der Waals surface area contributed by atoms with E-state index in [0.717, 1.165) is 45.2 Å². The Hall–Kier alpha value is -2.08. The van der Waals surface area contributed by atoms with Crippen molar-refractivity contribution in [1.82, 2.24) is 20.0 Å². The predicted molar refractivity (Wildman–Crippen MR) is 118 cm³/mol. The molecule has 0 fully saturated rings. The van der Waals surface area contributed by atoms with Crippen LogP contribution in [0.3, 0.4) is 0 Å². The topological polar surface area (TPSA) is 51.2 Å². The van der Waals surface area contributed by atoms with E-state index in [-0.39, 0.29) is 5.91 Å². The van der Waals surface area contributed by atoms with Gasteiger partial charge in [0.15, 0.2) is 5.96 Å². The average Bonchev–Trinajstić information content (AvgIpc) is 2.71. The first-order valence-corrected chi connectivity index (χ1v) is 10.6. The van der Waals surface area contributed by atoms with Gasteiger partial charge in [-0.1, -0.05) is 38.1 Å². The van der Waals surface area contributed by atoms with Gasteiger partial charge in [0.05, 0.1) is 13.1 Å². The van der Waals surface area contributed by atoms with Gasteiger partial charge in [-0.15, -0.1) is 0 Å². The minimum absolute atomic E-state index is 0.124. The van der Waals surface area contributed by atoms with Gasteiger partial charge >= 0.3 is 0 Å². The van der Waals surface area contributed by atoms with Crippen LogP contribution in [0.25, 0.3) is 0 Å². The number of guanidine groups is 1. The molecule has 1 rings (SSSR count). The summed E-state index contributed by atoms with van der Waals surface area (Å²) in [4.78, 5) is 23.2. The van der Waals surface area contributed by atoms with Crippen LogP contribution in [0.5, 0.6) is 0 Å². The Morgan fingerprint density at radius 2 is 1.50 bits per heavy atom. The van der Waals surface area contributed by atoms with E-state index in [1.807, 2.05) is 37.6 Å². The normalized spacial score (nSPS) is 11.6. The van der Waals surface area contributed by atoms with Crippen molar-refractivity contribution in [3.05, 3.63) is 35.4 Å². The molecule has 0 unspecified atom stereocenters. The number of amides is 1. The molecule has 0 bridgehead atoms. The molecule has 0 aliphatic heterocycles. The highest BCUT2D eigenvalue weighted by Gasteiger charge is 2.15. The van der Waals surface area contributed by atoms with Crippen LogP contribution in [0.2, 0.25) is 0 Å². The lowest BCUT2D eigenvalue weighted by molar-refractivity contribution is -0.131. The summed E-state index contributed by atoms with van der Waals surface area (Å²) in [5.41, 5.74) is 2.49. The van der Waals surface area contributed by atoms with Gasteiger partial charge in [-0.05, 0) is 45.0 Å². The highest BCUT2D eigenvalue weighted by atomic mass is 16.2. The van der Waals surface area contributed by atoms with Gasteiger partial charge in [0.1, 0.15) is 0 Å². The van der Waals surface area contributed by atoms with Crippen molar-refractivity contribution in [1.29, 1.82) is 0 Å². The van der Waals surface area contributed by atoms with Gasteiger partial charge in [0.25, 0.3) is 0 Å². The molecule has 0 spiro atoms. The molecule has 0 aliphatic carbocycles. The van der Waals surface area contributed by atoms with Crippen LogP contribution < -0.4 is 5.32 Å². The lowest BCUT2D eigenvalue weighted by Crippen LogP contribution is -2.45. The molecule has 1 aromatic carbocycles. The van der Waals surface area contributed by atoms with Crippen LogP contribution in [0, 0.1) is 0 Å². The maximum Gasteiger partial charge on any atom is 0.242 e. The van der Waals surface area contributed by atoms with Gasteiger partial charge in [-0.2, -0.15) is 0 Å². The van der Waals surface area contributed by atoms with E-state index in [0.29, 0.717) is 13.1 Å². The number of benzene rings is 1. The zero-order valence-corrected chi connectivity index (χ0v) is 18.7. The molecule has 28 heavy (non-hydrogen) atoms. The van der Waals surface area contributed by atoms with Gasteiger partial charge in [0, 0.05) is 33.2 Å². The van der Waals surface area contributed by atoms with E-state index in [9.17, 15) is 4.79 Å². The molecule has 158 valence electrons. The third-order valence-electron chi connectivity index (χ3n) is 4.92. The predicted octanol–water partition coefficient (Wildman–Crippen LogP) is 2.79. The van der Waals surface area contributed by atoms with Gasteiger partial charge in [-0.3, -0.25) is 9.69 Å². The average molecular weight is 390 g/mol. The number of carbonyl (C=O) groups is 1. The lowest BCUT2D eigenvalue weighted by atomic mass is 10.1. The van der Waals surface area contributed by atoms with Gasteiger partial charge in [0.2, 0.25) is 5.91 Å². The summed E-state index contributed by atoms with van der Waals surface area (Å²) in [5.74, 6) is 0.883. The second kappa shape index (κ2) is 13.2. The summed E-state index contributed by atoms with van der Waals surface area (Å²) < 4.78 is 0. The summed E-state index contributed by atoms with van der Waals surface area (Å²) in [6.45, 7) is 16.7. The number of rotatable bonds is 11. The van der Waals surface area contributed by atoms with Crippen molar-refractivity contribution in [2.45, 2.75) is 47.7 Å². The Morgan fingerprint density at radius 1 is 0.929 bits per heavy atom. The summed E-state index contributed by atoms with van der Waals surface area (Å²) >= 11 is 0. The fraction of sp³-hybridized carbons (Fsp3) is 0.636. The number of aliphatic imine (C=N–C) groups is 1. The standard InChI is InChI=1S/C22H39N5O/c1-7-23-22(25(6)18-21(28)27(10-4)11-5)24-16-19-12-14-20(15-13-19)17-26(8-2)9-3/h12-15H,7-11,16-18H2,1-6H3,(H,23,24). The van der Waals surface area contributed by atoms with Crippen molar-refractivity contribution in [3.63, 3.8) is 0 Å². The van der Waals surface area contributed by atoms with Crippen molar-refractivity contribution >= 4 is 11.9 Å². The molecular formula is C22H39N5O. The van der Waals surface area contributed by atoms with Crippen LogP contribution >= 0.6 is 0 Å². The highest BCUT2D eigenvalue weighted by Crippen LogP contribution is 2.09. The second-order valence-electron chi connectivity index (χ2n) is 6.87. The molecule has 6 heteroatoms. The Labute approximate surface area is 171 Å². The molecule has 1 amide bonds. The molecule has 0 aliphatic rings. The number of likely N-dealkylation sites (N-methyl/N-ethyl adjacent to an activating group) is 2. The smallest absolute Gasteiger partial charge is 0.242 e. The van der Waals surface area contributed by atoms with Crippen LogP contribution in [-0.2, 0) is 17.9 Å². The number of nitrogens with zero attached hydrogens (tertiary/aromatic N) is 4. The number of carbonyl (C=O) groups excluding carboxylic acids is 1. The minimum Gasteiger partial charge on any atom is -0.357 e. The first-order chi connectivity index (χ1) is 13.5. The number of hydrogen-bond acceptors (Lipinski definition) is 3. The van der Waals surface area contributed by atoms with E-state index in [2.05, 4.69) is 48.3 Å². The van der Waals surface area contributed by atoms with Crippen LogP contribution in [0.4, 0.5) is 0 Å². The van der Waals surface area contributed by atoms with E-state index >= 15 is 0 Å². The fourth-order valence-electron chi connectivity index (χ4n) is 3.05. The van der Waals surface area contributed by atoms with E-state index in [1.54, 1.807) is 0 Å². The van der Waals surface area contributed by atoms with Crippen LogP contribution in [0.1, 0.15) is 45.7 Å². The maximum atomic E-state index is 12.4. The van der Waals surface area contributed by atoms with Crippen molar-refractivity contribution < 1.29 is 4.79 Å². The van der Waals surface area contributed by atoms with E-state index < -0.39 is 0 Å². The zero-order chi connectivity index (χ0) is 20.9. The number of hydrogen-bond donors (Lipinski definition) is 1. The molecular weight excluding hydrogens is 350 g/mol. The summed E-state index contributed by atoms with van der Waals surface area (Å²) in [6.07, 6.45) is 0. The highest BCUT2D eigenvalue weighted by molar-refractivity contribution is 5.86. The Morgan fingerprint density at radius 3 is 2.00 bits per heavy atom. The molecule has 0 radical (unpaired) electrons. The van der Waals surface area contributed by atoms with Crippen LogP contribution in [-0.4, -0.2) is 72.9 Å². The quantitative estimate of drug-likeness (QED) is 0.467. The third-order valence-corrected chi connectivity index (χ3v) is 4.92. The fourth-order valence-corrected chi connectivity index (χ4v) is 3.05. The molecule has 0 heterocycles. The van der Waals surface area contributed by atoms with Crippen molar-refractivity contribution in [3.8, 4) is 0 Å². The summed E-state index contributed by atoms with van der Waals surface area (Å²) in [5, 5.41) is 3.28. The molecule has 1 aromatic rings. The Bertz CT molecular complexity index is 591. The first-order valence-electron chi connectivity index (χ1n) is 10.6. The molecule has 0 saturated carbocycles. The lowest BCUT2D eigenvalue weighted by Gasteiger charge is -2.25. The maximum absolute atomic E-state index is 12.4. The summed E-state index contributed by atoms with van der Waals surface area (Å²) in [7, 11) is 1.91. The largest absolute Gasteiger partial charge is 0.357 e. The van der Waals surface area contributed by atoms with Gasteiger partial charge < -0.3 is 15.1 Å². The monoisotopic (exact) mass is 389 g/mol. The minimum atomic E-state index is 0.124. The molecule has 0 saturated heterocycles. The zero-order valence-electron chi connectivity index (χ0n) is 18.7. The SMILES string of the molecule is CCNC(=NCc1ccc(CN(CC)CC)cc1)N(C)CC(=O)N(CC)CC. The van der Waals surface area contributed by atoms with E-state index in [4.69, 9.17) is 4.99 Å².